The number of benzene rings is 1. The van der Waals surface area contributed by atoms with Gasteiger partial charge >= 0.3 is 0 Å². The molecule has 112 valence electrons. The van der Waals surface area contributed by atoms with Gasteiger partial charge in [-0.3, -0.25) is 0 Å². The van der Waals surface area contributed by atoms with Crippen LogP contribution in [0.3, 0.4) is 0 Å². The van der Waals surface area contributed by atoms with E-state index in [1.54, 1.807) is 12.1 Å². The maximum absolute atomic E-state index is 11.4. The smallest absolute Gasteiger partial charge is 0.175 e. The molecule has 0 heterocycles. The maximum Gasteiger partial charge on any atom is 0.175 e. The van der Waals surface area contributed by atoms with Crippen LogP contribution in [-0.4, -0.2) is 27.8 Å². The fraction of sp³-hybridized carbons (Fsp3) is 0.600. The van der Waals surface area contributed by atoms with E-state index in [-0.39, 0.29) is 5.41 Å². The van der Waals surface area contributed by atoms with Gasteiger partial charge in [0.05, 0.1) is 4.90 Å². The fourth-order valence-electron chi connectivity index (χ4n) is 2.90. The lowest BCUT2D eigenvalue weighted by atomic mass is 9.86. The van der Waals surface area contributed by atoms with Crippen LogP contribution in [0, 0.1) is 5.41 Å². The summed E-state index contributed by atoms with van der Waals surface area (Å²) in [6.45, 7) is 2.44. The molecule has 3 N–H and O–H groups in total. The predicted molar refractivity (Wildman–Crippen MR) is 81.2 cm³/mol. The summed E-state index contributed by atoms with van der Waals surface area (Å²) in [6.07, 6.45) is 6.21. The quantitative estimate of drug-likeness (QED) is 0.838. The minimum absolute atomic E-state index is 0.271. The van der Waals surface area contributed by atoms with Crippen molar-refractivity contribution < 1.29 is 8.42 Å². The van der Waals surface area contributed by atoms with Crippen LogP contribution in [0.15, 0.2) is 29.2 Å². The highest BCUT2D eigenvalue weighted by molar-refractivity contribution is 7.90. The third kappa shape index (κ3) is 3.81. The number of nitrogens with two attached hydrogens (primary N) is 1. The minimum Gasteiger partial charge on any atom is -0.330 e. The van der Waals surface area contributed by atoms with Crippen LogP contribution in [0.25, 0.3) is 0 Å². The zero-order chi connectivity index (χ0) is 14.6. The van der Waals surface area contributed by atoms with Crippen LogP contribution in [0.1, 0.15) is 31.2 Å². The van der Waals surface area contributed by atoms with Crippen LogP contribution in [-0.2, 0) is 16.4 Å². The number of sulfone groups is 1. The number of hydrogen-bond acceptors (Lipinski definition) is 4. The molecule has 0 saturated heterocycles. The molecule has 1 saturated carbocycles. The van der Waals surface area contributed by atoms with E-state index >= 15 is 0 Å². The predicted octanol–water partition coefficient (Wildman–Crippen LogP) is 1.70. The van der Waals surface area contributed by atoms with Crippen molar-refractivity contribution in [2.24, 2.45) is 11.1 Å². The molecule has 0 spiro atoms. The van der Waals surface area contributed by atoms with Gasteiger partial charge in [0, 0.05) is 19.3 Å². The van der Waals surface area contributed by atoms with E-state index in [4.69, 9.17) is 5.73 Å². The van der Waals surface area contributed by atoms with Crippen LogP contribution < -0.4 is 11.1 Å². The normalized spacial score (nSPS) is 18.3. The van der Waals surface area contributed by atoms with E-state index in [0.717, 1.165) is 25.2 Å². The largest absolute Gasteiger partial charge is 0.330 e. The number of nitrogens with one attached hydrogen (secondary N) is 1. The molecule has 0 bridgehead atoms. The first-order valence-electron chi connectivity index (χ1n) is 7.15. The molecule has 20 heavy (non-hydrogen) atoms. The zero-order valence-corrected chi connectivity index (χ0v) is 12.9. The lowest BCUT2D eigenvalue weighted by molar-refractivity contribution is 0.290. The first-order chi connectivity index (χ1) is 9.45. The third-order valence-electron chi connectivity index (χ3n) is 4.28. The Morgan fingerprint density at radius 2 is 1.80 bits per heavy atom. The van der Waals surface area contributed by atoms with E-state index in [1.807, 2.05) is 12.1 Å². The van der Waals surface area contributed by atoms with Crippen LogP contribution >= 0.6 is 0 Å². The second kappa shape index (κ2) is 6.24. The highest BCUT2D eigenvalue weighted by atomic mass is 32.2. The van der Waals surface area contributed by atoms with Gasteiger partial charge in [-0.25, -0.2) is 8.42 Å². The summed E-state index contributed by atoms with van der Waals surface area (Å²) in [4.78, 5) is 0.371. The van der Waals surface area contributed by atoms with Crippen LogP contribution in [0.4, 0.5) is 0 Å². The molecular formula is C15H24N2O2S. The first-order valence-corrected chi connectivity index (χ1v) is 9.04. The van der Waals surface area contributed by atoms with Gasteiger partial charge in [0.15, 0.2) is 9.84 Å². The fourth-order valence-corrected chi connectivity index (χ4v) is 3.54. The first kappa shape index (κ1) is 15.5. The summed E-state index contributed by atoms with van der Waals surface area (Å²) in [7, 11) is -3.10. The lowest BCUT2D eigenvalue weighted by Crippen LogP contribution is -2.38. The Bertz CT molecular complexity index is 531. The second-order valence-electron chi connectivity index (χ2n) is 5.93. The molecule has 0 atom stereocenters. The molecule has 1 aliphatic rings. The summed E-state index contributed by atoms with van der Waals surface area (Å²) in [5, 5.41) is 3.46. The molecular weight excluding hydrogens is 272 g/mol. The Labute approximate surface area is 121 Å². The molecule has 1 fully saturated rings. The SMILES string of the molecule is CS(=O)(=O)c1ccc(CNCC2(CN)CCCC2)cc1. The molecule has 1 aromatic rings. The topological polar surface area (TPSA) is 72.2 Å². The van der Waals surface area contributed by atoms with E-state index < -0.39 is 9.84 Å². The second-order valence-corrected chi connectivity index (χ2v) is 7.95. The van der Waals surface area contributed by atoms with Crippen molar-refractivity contribution in [3.05, 3.63) is 29.8 Å². The number of hydrogen-bond donors (Lipinski definition) is 2. The van der Waals surface area contributed by atoms with E-state index in [1.165, 1.54) is 31.9 Å². The summed E-state index contributed by atoms with van der Waals surface area (Å²) in [5.74, 6) is 0. The van der Waals surface area contributed by atoms with Gasteiger partial charge in [-0.1, -0.05) is 25.0 Å². The van der Waals surface area contributed by atoms with Gasteiger partial charge in [-0.05, 0) is 42.5 Å². The Hall–Kier alpha value is -0.910. The van der Waals surface area contributed by atoms with Gasteiger partial charge in [0.2, 0.25) is 0 Å². The molecule has 4 nitrogen and oxygen atoms in total. The van der Waals surface area contributed by atoms with E-state index in [2.05, 4.69) is 5.32 Å². The van der Waals surface area contributed by atoms with Gasteiger partial charge in [-0.15, -0.1) is 0 Å². The van der Waals surface area contributed by atoms with Crippen molar-refractivity contribution in [2.75, 3.05) is 19.3 Å². The Morgan fingerprint density at radius 3 is 2.30 bits per heavy atom. The summed E-state index contributed by atoms with van der Waals surface area (Å²) in [5.41, 5.74) is 7.28. The Kier molecular flexibility index (Phi) is 4.83. The molecule has 0 radical (unpaired) electrons. The highest BCUT2D eigenvalue weighted by Gasteiger charge is 2.31. The molecule has 0 aliphatic heterocycles. The van der Waals surface area contributed by atoms with Gasteiger partial charge in [0.1, 0.15) is 0 Å². The van der Waals surface area contributed by atoms with Crippen molar-refractivity contribution in [2.45, 2.75) is 37.1 Å². The Balaban J connectivity index is 1.88. The molecule has 2 rings (SSSR count). The molecule has 1 aliphatic carbocycles. The van der Waals surface area contributed by atoms with E-state index in [0.29, 0.717) is 4.90 Å². The minimum atomic E-state index is -3.10. The third-order valence-corrected chi connectivity index (χ3v) is 5.41. The average molecular weight is 296 g/mol. The van der Waals surface area contributed by atoms with Crippen LogP contribution in [0.5, 0.6) is 0 Å². The summed E-state index contributed by atoms with van der Waals surface area (Å²) < 4.78 is 22.8. The van der Waals surface area contributed by atoms with Crippen molar-refractivity contribution in [1.82, 2.24) is 5.32 Å². The molecule has 0 amide bonds. The standard InChI is InChI=1S/C15H24N2O2S/c1-20(18,19)14-6-4-13(5-7-14)10-17-12-15(11-16)8-2-3-9-15/h4-7,17H,2-3,8-12,16H2,1H3. The highest BCUT2D eigenvalue weighted by Crippen LogP contribution is 2.36. The summed E-state index contributed by atoms with van der Waals surface area (Å²) in [6, 6.07) is 7.07. The van der Waals surface area contributed by atoms with Crippen LogP contribution in [0.2, 0.25) is 0 Å². The van der Waals surface area contributed by atoms with E-state index in [9.17, 15) is 8.42 Å². The van der Waals surface area contributed by atoms with Crippen molar-refractivity contribution >= 4 is 9.84 Å². The van der Waals surface area contributed by atoms with Crippen molar-refractivity contribution in [3.8, 4) is 0 Å². The molecule has 0 aromatic heterocycles. The molecule has 1 aromatic carbocycles. The van der Waals surface area contributed by atoms with Gasteiger partial charge < -0.3 is 11.1 Å². The van der Waals surface area contributed by atoms with Gasteiger partial charge in [-0.2, -0.15) is 0 Å². The Morgan fingerprint density at radius 1 is 1.20 bits per heavy atom. The summed E-state index contributed by atoms with van der Waals surface area (Å²) >= 11 is 0. The molecule has 5 heteroatoms. The monoisotopic (exact) mass is 296 g/mol. The van der Waals surface area contributed by atoms with Crippen molar-refractivity contribution in [3.63, 3.8) is 0 Å². The maximum atomic E-state index is 11.4. The van der Waals surface area contributed by atoms with Gasteiger partial charge in [0.25, 0.3) is 0 Å². The molecule has 0 unspecified atom stereocenters. The lowest BCUT2D eigenvalue weighted by Gasteiger charge is -2.27. The number of rotatable bonds is 6. The average Bonchev–Trinajstić information content (AvgIpc) is 2.88. The zero-order valence-electron chi connectivity index (χ0n) is 12.1. The van der Waals surface area contributed by atoms with Crippen molar-refractivity contribution in [1.29, 1.82) is 0 Å².